The molecule has 3 rings (SSSR count). The second kappa shape index (κ2) is 5.33. The van der Waals surface area contributed by atoms with Crippen LogP contribution < -0.4 is 5.43 Å². The Kier molecular flexibility index (Phi) is 3.38. The molecule has 3 aromatic rings. The first-order valence-corrected chi connectivity index (χ1v) is 6.96. The first-order chi connectivity index (χ1) is 9.79. The van der Waals surface area contributed by atoms with Crippen molar-refractivity contribution in [1.82, 2.24) is 4.98 Å². The fourth-order valence-electron chi connectivity index (χ4n) is 2.65. The molecule has 1 heterocycles. The lowest BCUT2D eigenvalue weighted by Gasteiger charge is -2.10. The smallest absolute Gasteiger partial charge is 0.192 e. The number of pyridine rings is 1. The molecule has 2 aromatic carbocycles. The average molecular weight is 263 g/mol. The van der Waals surface area contributed by atoms with Crippen molar-refractivity contribution in [2.24, 2.45) is 0 Å². The number of aromatic nitrogens is 1. The van der Waals surface area contributed by atoms with Crippen molar-refractivity contribution in [1.29, 1.82) is 0 Å². The minimum absolute atomic E-state index is 0.160. The van der Waals surface area contributed by atoms with Gasteiger partial charge < -0.3 is 4.98 Å². The van der Waals surface area contributed by atoms with E-state index in [1.165, 1.54) is 5.56 Å². The Hall–Kier alpha value is -2.35. The molecule has 0 aliphatic carbocycles. The number of benzene rings is 2. The Morgan fingerprint density at radius 3 is 2.40 bits per heavy atom. The van der Waals surface area contributed by atoms with Crippen molar-refractivity contribution in [3.8, 4) is 0 Å². The summed E-state index contributed by atoms with van der Waals surface area (Å²) in [5.74, 6) is 0. The monoisotopic (exact) mass is 263 g/mol. The first-order valence-electron chi connectivity index (χ1n) is 6.96. The minimum atomic E-state index is 0.160. The maximum atomic E-state index is 12.6. The van der Waals surface area contributed by atoms with Gasteiger partial charge in [0.2, 0.25) is 0 Å². The van der Waals surface area contributed by atoms with Gasteiger partial charge in [0.05, 0.1) is 0 Å². The molecule has 2 nitrogen and oxygen atoms in total. The van der Waals surface area contributed by atoms with E-state index in [0.29, 0.717) is 0 Å². The van der Waals surface area contributed by atoms with Crippen LogP contribution in [0.3, 0.4) is 0 Å². The molecule has 1 aromatic heterocycles. The third kappa shape index (κ3) is 2.25. The highest BCUT2D eigenvalue weighted by atomic mass is 16.1. The molecule has 0 unspecified atom stereocenters. The van der Waals surface area contributed by atoms with Gasteiger partial charge in [-0.3, -0.25) is 4.79 Å². The van der Waals surface area contributed by atoms with Gasteiger partial charge in [-0.2, -0.15) is 0 Å². The maximum absolute atomic E-state index is 12.6. The van der Waals surface area contributed by atoms with Crippen LogP contribution in [0.25, 0.3) is 10.9 Å². The van der Waals surface area contributed by atoms with Crippen LogP contribution in [-0.2, 0) is 12.8 Å². The standard InChI is InChI=1S/C18H17NO/c1-2-14-17(12-13-8-4-3-5-9-13)19-16-11-7-6-10-15(16)18(14)20/h3-11H,2,12H2,1H3,(H,19,20). The zero-order valence-corrected chi connectivity index (χ0v) is 11.5. The molecule has 0 atom stereocenters. The molecule has 0 radical (unpaired) electrons. The molecule has 0 saturated carbocycles. The maximum Gasteiger partial charge on any atom is 0.192 e. The average Bonchev–Trinajstić information content (AvgIpc) is 2.49. The lowest BCUT2D eigenvalue weighted by atomic mass is 10.0. The summed E-state index contributed by atoms with van der Waals surface area (Å²) in [4.78, 5) is 16.0. The molecule has 0 aliphatic rings. The zero-order valence-electron chi connectivity index (χ0n) is 11.5. The fraction of sp³-hybridized carbons (Fsp3) is 0.167. The molecular weight excluding hydrogens is 246 g/mol. The predicted octanol–water partition coefficient (Wildman–Crippen LogP) is 3.68. The Bertz CT molecular complexity index is 787. The molecule has 0 amide bonds. The SMILES string of the molecule is CCc1c(Cc2ccccc2)[nH]c2ccccc2c1=O. The van der Waals surface area contributed by atoms with E-state index in [4.69, 9.17) is 0 Å². The number of hydrogen-bond acceptors (Lipinski definition) is 1. The summed E-state index contributed by atoms with van der Waals surface area (Å²) < 4.78 is 0. The highest BCUT2D eigenvalue weighted by molar-refractivity contribution is 5.79. The van der Waals surface area contributed by atoms with Gasteiger partial charge in [-0.05, 0) is 24.1 Å². The zero-order chi connectivity index (χ0) is 13.9. The highest BCUT2D eigenvalue weighted by Gasteiger charge is 2.10. The Morgan fingerprint density at radius 2 is 1.65 bits per heavy atom. The largest absolute Gasteiger partial charge is 0.358 e. The minimum Gasteiger partial charge on any atom is -0.358 e. The van der Waals surface area contributed by atoms with E-state index >= 15 is 0 Å². The number of hydrogen-bond donors (Lipinski definition) is 1. The first kappa shape index (κ1) is 12.7. The number of H-pyrrole nitrogens is 1. The molecule has 1 N–H and O–H groups in total. The summed E-state index contributed by atoms with van der Waals surface area (Å²) in [5.41, 5.74) is 4.22. The number of para-hydroxylation sites is 1. The fourth-order valence-corrected chi connectivity index (χ4v) is 2.65. The number of aromatic amines is 1. The van der Waals surface area contributed by atoms with Crippen LogP contribution >= 0.6 is 0 Å². The van der Waals surface area contributed by atoms with Gasteiger partial charge in [-0.1, -0.05) is 49.4 Å². The van der Waals surface area contributed by atoms with Crippen LogP contribution in [0.4, 0.5) is 0 Å². The van der Waals surface area contributed by atoms with E-state index in [-0.39, 0.29) is 5.43 Å². The molecule has 20 heavy (non-hydrogen) atoms. The van der Waals surface area contributed by atoms with Crippen LogP contribution in [-0.4, -0.2) is 4.98 Å². The van der Waals surface area contributed by atoms with Gasteiger partial charge in [0, 0.05) is 28.6 Å². The summed E-state index contributed by atoms with van der Waals surface area (Å²) in [6.45, 7) is 2.04. The summed E-state index contributed by atoms with van der Waals surface area (Å²) in [5, 5.41) is 0.779. The Morgan fingerprint density at radius 1 is 0.950 bits per heavy atom. The van der Waals surface area contributed by atoms with Crippen molar-refractivity contribution in [2.45, 2.75) is 19.8 Å². The number of nitrogens with one attached hydrogen (secondary N) is 1. The second-order valence-electron chi connectivity index (χ2n) is 4.97. The van der Waals surface area contributed by atoms with Crippen molar-refractivity contribution in [3.05, 3.63) is 81.6 Å². The van der Waals surface area contributed by atoms with Crippen LogP contribution in [0.1, 0.15) is 23.7 Å². The van der Waals surface area contributed by atoms with Gasteiger partial charge in [-0.15, -0.1) is 0 Å². The van der Waals surface area contributed by atoms with Crippen LogP contribution in [0.5, 0.6) is 0 Å². The van der Waals surface area contributed by atoms with E-state index in [0.717, 1.165) is 35.0 Å². The van der Waals surface area contributed by atoms with E-state index in [2.05, 4.69) is 17.1 Å². The molecule has 0 aliphatic heterocycles. The third-order valence-electron chi connectivity index (χ3n) is 3.67. The van der Waals surface area contributed by atoms with Crippen LogP contribution in [0.2, 0.25) is 0 Å². The predicted molar refractivity (Wildman–Crippen MR) is 83.2 cm³/mol. The molecular formula is C18H17NO. The highest BCUT2D eigenvalue weighted by Crippen LogP contribution is 2.15. The lowest BCUT2D eigenvalue weighted by Crippen LogP contribution is -2.14. The van der Waals surface area contributed by atoms with Crippen molar-refractivity contribution < 1.29 is 0 Å². The van der Waals surface area contributed by atoms with Crippen molar-refractivity contribution in [2.75, 3.05) is 0 Å². The summed E-state index contributed by atoms with van der Waals surface area (Å²) in [6, 6.07) is 18.0. The molecule has 0 fully saturated rings. The van der Waals surface area contributed by atoms with E-state index in [9.17, 15) is 4.79 Å². The molecule has 0 spiro atoms. The van der Waals surface area contributed by atoms with Crippen molar-refractivity contribution >= 4 is 10.9 Å². The van der Waals surface area contributed by atoms with Crippen LogP contribution in [0.15, 0.2) is 59.4 Å². The quantitative estimate of drug-likeness (QED) is 0.768. The molecule has 2 heteroatoms. The van der Waals surface area contributed by atoms with Crippen molar-refractivity contribution in [3.63, 3.8) is 0 Å². The number of fused-ring (bicyclic) bond motifs is 1. The Labute approximate surface area is 118 Å². The summed E-state index contributed by atoms with van der Waals surface area (Å²) >= 11 is 0. The van der Waals surface area contributed by atoms with Gasteiger partial charge in [-0.25, -0.2) is 0 Å². The normalized spacial score (nSPS) is 10.8. The lowest BCUT2D eigenvalue weighted by molar-refractivity contribution is 0.994. The third-order valence-corrected chi connectivity index (χ3v) is 3.67. The van der Waals surface area contributed by atoms with Crippen LogP contribution in [0, 0.1) is 0 Å². The van der Waals surface area contributed by atoms with Gasteiger partial charge in [0.1, 0.15) is 0 Å². The van der Waals surface area contributed by atoms with E-state index in [1.807, 2.05) is 49.4 Å². The molecule has 100 valence electrons. The summed E-state index contributed by atoms with van der Waals surface area (Å²) in [7, 11) is 0. The van der Waals surface area contributed by atoms with Gasteiger partial charge in [0.25, 0.3) is 0 Å². The molecule has 0 saturated heterocycles. The second-order valence-corrected chi connectivity index (χ2v) is 4.97. The number of rotatable bonds is 3. The van der Waals surface area contributed by atoms with Gasteiger partial charge in [0.15, 0.2) is 5.43 Å². The van der Waals surface area contributed by atoms with E-state index < -0.39 is 0 Å². The topological polar surface area (TPSA) is 32.9 Å². The Balaban J connectivity index is 2.17. The summed E-state index contributed by atoms with van der Waals surface area (Å²) in [6.07, 6.45) is 1.52. The van der Waals surface area contributed by atoms with Gasteiger partial charge >= 0.3 is 0 Å². The van der Waals surface area contributed by atoms with E-state index in [1.54, 1.807) is 0 Å². The molecule has 0 bridgehead atoms.